The SMILES string of the molecule is C=C[C@@H](COCc1ccccc1)Oc1c(-c2ccccc2)cccc1-c1ccccc1. The minimum absolute atomic E-state index is 0.268. The zero-order valence-electron chi connectivity index (χ0n) is 17.5. The Balaban J connectivity index is 1.62. The molecule has 0 unspecified atom stereocenters. The van der Waals surface area contributed by atoms with Gasteiger partial charge in [0.05, 0.1) is 13.2 Å². The van der Waals surface area contributed by atoms with Crippen molar-refractivity contribution in [2.24, 2.45) is 0 Å². The number of benzene rings is 4. The zero-order valence-corrected chi connectivity index (χ0v) is 17.5. The van der Waals surface area contributed by atoms with Gasteiger partial charge in [0, 0.05) is 11.1 Å². The second-order valence-electron chi connectivity index (χ2n) is 7.31. The molecule has 31 heavy (non-hydrogen) atoms. The minimum Gasteiger partial charge on any atom is -0.483 e. The molecule has 0 heterocycles. The van der Waals surface area contributed by atoms with Crippen LogP contribution < -0.4 is 4.74 Å². The summed E-state index contributed by atoms with van der Waals surface area (Å²) in [5, 5.41) is 0. The van der Waals surface area contributed by atoms with Crippen molar-refractivity contribution in [1.29, 1.82) is 0 Å². The van der Waals surface area contributed by atoms with Crippen LogP contribution in [0.25, 0.3) is 22.3 Å². The van der Waals surface area contributed by atoms with Crippen molar-refractivity contribution in [3.8, 4) is 28.0 Å². The third kappa shape index (κ3) is 5.30. The molecule has 0 aliphatic heterocycles. The van der Waals surface area contributed by atoms with Gasteiger partial charge in [-0.05, 0) is 22.8 Å². The van der Waals surface area contributed by atoms with Gasteiger partial charge in [-0.25, -0.2) is 0 Å². The average molecular weight is 407 g/mol. The van der Waals surface area contributed by atoms with Crippen LogP contribution in [0.15, 0.2) is 122 Å². The fourth-order valence-electron chi connectivity index (χ4n) is 3.52. The molecule has 0 bridgehead atoms. The van der Waals surface area contributed by atoms with E-state index in [0.717, 1.165) is 33.6 Å². The third-order valence-corrected chi connectivity index (χ3v) is 5.11. The second-order valence-corrected chi connectivity index (χ2v) is 7.31. The largest absolute Gasteiger partial charge is 0.483 e. The molecule has 4 aromatic rings. The molecule has 0 fully saturated rings. The van der Waals surface area contributed by atoms with Crippen LogP contribution in [0.3, 0.4) is 0 Å². The molecule has 4 rings (SSSR count). The first-order valence-corrected chi connectivity index (χ1v) is 10.5. The van der Waals surface area contributed by atoms with Crippen molar-refractivity contribution in [3.63, 3.8) is 0 Å². The fraction of sp³-hybridized carbons (Fsp3) is 0.103. The molecule has 2 heteroatoms. The van der Waals surface area contributed by atoms with Gasteiger partial charge in [-0.15, -0.1) is 0 Å². The van der Waals surface area contributed by atoms with Crippen molar-refractivity contribution < 1.29 is 9.47 Å². The first kappa shape index (κ1) is 20.6. The average Bonchev–Trinajstić information content (AvgIpc) is 2.85. The Hall–Kier alpha value is -3.62. The van der Waals surface area contributed by atoms with Crippen molar-refractivity contribution in [2.75, 3.05) is 6.61 Å². The topological polar surface area (TPSA) is 18.5 Å². The van der Waals surface area contributed by atoms with Crippen LogP contribution in [0, 0.1) is 0 Å². The first-order chi connectivity index (χ1) is 15.3. The summed E-state index contributed by atoms with van der Waals surface area (Å²) in [7, 11) is 0. The summed E-state index contributed by atoms with van der Waals surface area (Å²) in [5.41, 5.74) is 5.47. The van der Waals surface area contributed by atoms with E-state index in [2.05, 4.69) is 61.2 Å². The molecule has 2 nitrogen and oxygen atoms in total. The summed E-state index contributed by atoms with van der Waals surface area (Å²) < 4.78 is 12.5. The lowest BCUT2D eigenvalue weighted by Gasteiger charge is -2.21. The van der Waals surface area contributed by atoms with Gasteiger partial charge in [0.1, 0.15) is 11.9 Å². The molecular weight excluding hydrogens is 380 g/mol. The second kappa shape index (κ2) is 10.4. The minimum atomic E-state index is -0.268. The Labute approximate surface area is 184 Å². The van der Waals surface area contributed by atoms with Gasteiger partial charge in [-0.2, -0.15) is 0 Å². The smallest absolute Gasteiger partial charge is 0.140 e. The molecular formula is C29H26O2. The summed E-state index contributed by atoms with van der Waals surface area (Å²) in [5.74, 6) is 0.841. The number of hydrogen-bond acceptors (Lipinski definition) is 2. The van der Waals surface area contributed by atoms with E-state index in [9.17, 15) is 0 Å². The van der Waals surface area contributed by atoms with Gasteiger partial charge < -0.3 is 9.47 Å². The van der Waals surface area contributed by atoms with Gasteiger partial charge in [-0.1, -0.05) is 116 Å². The number of rotatable bonds is 9. The zero-order chi connectivity index (χ0) is 21.3. The summed E-state index contributed by atoms with van der Waals surface area (Å²) in [6, 6.07) is 37.1. The maximum absolute atomic E-state index is 6.53. The first-order valence-electron chi connectivity index (χ1n) is 10.5. The molecule has 0 N–H and O–H groups in total. The number of ether oxygens (including phenoxy) is 2. The van der Waals surface area contributed by atoms with E-state index < -0.39 is 0 Å². The number of hydrogen-bond donors (Lipinski definition) is 0. The van der Waals surface area contributed by atoms with Crippen molar-refractivity contribution in [1.82, 2.24) is 0 Å². The molecule has 0 saturated carbocycles. The standard InChI is InChI=1S/C29H26O2/c1-2-26(22-30-21-23-13-6-3-7-14-23)31-29-27(24-15-8-4-9-16-24)19-12-20-28(29)25-17-10-5-11-18-25/h2-20,26H,1,21-22H2/t26-/m0/s1. The Bertz CT molecular complexity index is 1030. The van der Waals surface area contributed by atoms with Crippen LogP contribution in [0.4, 0.5) is 0 Å². The van der Waals surface area contributed by atoms with E-state index in [1.807, 2.05) is 60.7 Å². The van der Waals surface area contributed by atoms with Crippen LogP contribution in [0.2, 0.25) is 0 Å². The number of para-hydroxylation sites is 1. The van der Waals surface area contributed by atoms with Crippen LogP contribution in [-0.2, 0) is 11.3 Å². The summed E-state index contributed by atoms with van der Waals surface area (Å²) in [6.07, 6.45) is 1.54. The van der Waals surface area contributed by atoms with Crippen LogP contribution in [0.1, 0.15) is 5.56 Å². The fourth-order valence-corrected chi connectivity index (χ4v) is 3.52. The highest BCUT2D eigenvalue weighted by molar-refractivity contribution is 5.82. The molecule has 1 atom stereocenters. The van der Waals surface area contributed by atoms with Crippen LogP contribution in [-0.4, -0.2) is 12.7 Å². The molecule has 0 amide bonds. The Kier molecular flexibility index (Phi) is 6.94. The van der Waals surface area contributed by atoms with E-state index in [1.54, 1.807) is 0 Å². The Morgan fingerprint density at radius 3 is 1.68 bits per heavy atom. The molecule has 0 radical (unpaired) electrons. The quantitative estimate of drug-likeness (QED) is 0.274. The molecule has 4 aromatic carbocycles. The molecule has 154 valence electrons. The molecule has 0 aromatic heterocycles. The van der Waals surface area contributed by atoms with Crippen LogP contribution in [0.5, 0.6) is 5.75 Å². The highest BCUT2D eigenvalue weighted by Gasteiger charge is 2.17. The van der Waals surface area contributed by atoms with Gasteiger partial charge in [0.25, 0.3) is 0 Å². The monoisotopic (exact) mass is 406 g/mol. The molecule has 0 saturated heterocycles. The predicted octanol–water partition coefficient (Wildman–Crippen LogP) is 7.17. The van der Waals surface area contributed by atoms with Gasteiger partial charge in [0.15, 0.2) is 0 Å². The predicted molar refractivity (Wildman–Crippen MR) is 128 cm³/mol. The molecule has 0 aliphatic carbocycles. The lowest BCUT2D eigenvalue weighted by Crippen LogP contribution is -2.21. The Morgan fingerprint density at radius 2 is 1.16 bits per heavy atom. The highest BCUT2D eigenvalue weighted by atomic mass is 16.5. The van der Waals surface area contributed by atoms with E-state index in [-0.39, 0.29) is 6.10 Å². The van der Waals surface area contributed by atoms with Gasteiger partial charge >= 0.3 is 0 Å². The molecule has 0 spiro atoms. The van der Waals surface area contributed by atoms with Gasteiger partial charge in [0.2, 0.25) is 0 Å². The van der Waals surface area contributed by atoms with Crippen molar-refractivity contribution in [2.45, 2.75) is 12.7 Å². The third-order valence-electron chi connectivity index (χ3n) is 5.11. The normalized spacial score (nSPS) is 11.6. The van der Waals surface area contributed by atoms with E-state index in [0.29, 0.717) is 13.2 Å². The van der Waals surface area contributed by atoms with Crippen molar-refractivity contribution >= 4 is 0 Å². The van der Waals surface area contributed by atoms with E-state index in [1.165, 1.54) is 0 Å². The highest BCUT2D eigenvalue weighted by Crippen LogP contribution is 2.39. The van der Waals surface area contributed by atoms with Gasteiger partial charge in [-0.3, -0.25) is 0 Å². The lowest BCUT2D eigenvalue weighted by molar-refractivity contribution is 0.0615. The summed E-state index contributed by atoms with van der Waals surface area (Å²) >= 11 is 0. The summed E-state index contributed by atoms with van der Waals surface area (Å²) in [4.78, 5) is 0. The van der Waals surface area contributed by atoms with E-state index >= 15 is 0 Å². The lowest BCUT2D eigenvalue weighted by atomic mass is 9.97. The summed E-state index contributed by atoms with van der Waals surface area (Å²) in [6.45, 7) is 4.95. The van der Waals surface area contributed by atoms with E-state index in [4.69, 9.17) is 9.47 Å². The molecule has 0 aliphatic rings. The Morgan fingerprint density at radius 1 is 0.645 bits per heavy atom. The van der Waals surface area contributed by atoms with Crippen LogP contribution >= 0.6 is 0 Å². The maximum Gasteiger partial charge on any atom is 0.140 e. The maximum atomic E-state index is 6.53. The van der Waals surface area contributed by atoms with Crippen molar-refractivity contribution in [3.05, 3.63) is 127 Å².